The number of anilines is 6. The monoisotopic (exact) mass is 1160 g/mol. The van der Waals surface area contributed by atoms with E-state index in [-0.39, 0.29) is 28.8 Å². The summed E-state index contributed by atoms with van der Waals surface area (Å²) in [6, 6.07) is 59.1. The molecule has 0 bridgehead atoms. The van der Waals surface area contributed by atoms with Crippen LogP contribution in [0.3, 0.4) is 0 Å². The van der Waals surface area contributed by atoms with Gasteiger partial charge in [0.05, 0.1) is 10.8 Å². The first-order valence-electron chi connectivity index (χ1n) is 28.1. The van der Waals surface area contributed by atoms with E-state index in [1.54, 1.807) is 42.5 Å². The molecule has 87 heavy (non-hydrogen) atoms. The molecule has 0 spiro atoms. The third kappa shape index (κ3) is 8.41. The van der Waals surface area contributed by atoms with Crippen LogP contribution in [0, 0.1) is 80.0 Å². The quantitative estimate of drug-likeness (QED) is 0.0683. The minimum absolute atomic E-state index is 0.0356. The second kappa shape index (κ2) is 21.1. The van der Waals surface area contributed by atoms with Gasteiger partial charge in [0, 0.05) is 28.8 Å². The van der Waals surface area contributed by atoms with E-state index < -0.39 is 74.6 Å². The first kappa shape index (κ1) is 56.0. The smallest absolute Gasteiger partial charge is 0.200 e. The number of nitrogens with zero attached hydrogens (tertiary/aromatic N) is 2. The maximum atomic E-state index is 16.8. The Hall–Kier alpha value is -10.1. The Morgan fingerprint density at radius 1 is 0.310 bits per heavy atom. The summed E-state index contributed by atoms with van der Waals surface area (Å²) in [6.07, 6.45) is 3.45. The minimum Gasteiger partial charge on any atom is -0.305 e. The van der Waals surface area contributed by atoms with Crippen molar-refractivity contribution >= 4 is 46.3 Å². The molecule has 2 atom stereocenters. The molecule has 0 saturated carbocycles. The van der Waals surface area contributed by atoms with Crippen molar-refractivity contribution in [1.82, 2.24) is 0 Å². The fraction of sp³-hybridized carbons (Fsp3) is 0.0789. The molecule has 0 aliphatic heterocycles. The summed E-state index contributed by atoms with van der Waals surface area (Å²) in [5.41, 5.74) is 10.3. The molecular formula is C76H51F9N2. The van der Waals surface area contributed by atoms with Gasteiger partial charge in [-0.2, -0.15) is 0 Å². The summed E-state index contributed by atoms with van der Waals surface area (Å²) in [6.45, 7) is 15.8. The summed E-state index contributed by atoms with van der Waals surface area (Å²) in [5, 5.41) is 0. The predicted molar refractivity (Wildman–Crippen MR) is 329 cm³/mol. The number of benzene rings is 11. The average molecular weight is 1160 g/mol. The van der Waals surface area contributed by atoms with Crippen molar-refractivity contribution in [2.24, 2.45) is 0 Å². The molecule has 2 aliphatic carbocycles. The summed E-state index contributed by atoms with van der Waals surface area (Å²) < 4.78 is 145. The highest BCUT2D eigenvalue weighted by Crippen LogP contribution is 2.60. The van der Waals surface area contributed by atoms with Crippen LogP contribution >= 0.6 is 0 Å². The van der Waals surface area contributed by atoms with Gasteiger partial charge in [0.25, 0.3) is 0 Å². The summed E-state index contributed by atoms with van der Waals surface area (Å²) in [5.74, 6) is -18.1. The predicted octanol–water partition coefficient (Wildman–Crippen LogP) is 21.1. The average Bonchev–Trinajstić information content (AvgIpc) is 1.58. The molecule has 2 aliphatic rings. The van der Waals surface area contributed by atoms with Crippen LogP contribution in [0.4, 0.5) is 73.6 Å². The zero-order chi connectivity index (χ0) is 61.0. The molecule has 13 rings (SSSR count). The molecule has 2 unspecified atom stereocenters. The maximum Gasteiger partial charge on any atom is 0.200 e. The van der Waals surface area contributed by atoms with Crippen LogP contribution in [0.25, 0.3) is 34.4 Å². The van der Waals surface area contributed by atoms with Gasteiger partial charge in [-0.25, -0.2) is 39.5 Å². The van der Waals surface area contributed by atoms with E-state index in [9.17, 15) is 0 Å². The number of hydrogen-bond acceptors (Lipinski definition) is 2. The van der Waals surface area contributed by atoms with Crippen LogP contribution in [-0.4, -0.2) is 0 Å². The highest BCUT2D eigenvalue weighted by molar-refractivity contribution is 5.93. The van der Waals surface area contributed by atoms with Gasteiger partial charge in [0.1, 0.15) is 11.4 Å². The van der Waals surface area contributed by atoms with Crippen LogP contribution in [-0.2, 0) is 10.8 Å². The van der Waals surface area contributed by atoms with E-state index in [1.807, 2.05) is 149 Å². The van der Waals surface area contributed by atoms with Crippen molar-refractivity contribution in [1.29, 1.82) is 0 Å². The standard InChI is InChI=1S/C76H51F9N2/c1-7-46-21-25-48(26-22-46)75(60-37-42(3)17-19-44(60)5)58-15-11-9-13-54(58)56-35-33-52(39-62(56)75)86(73-65(78)41-64(77)66(79)70(73)83)50-29-31-51(32-30-50)87(74-71(84)68(81)67(80)69(82)72(74)85)53-34-36-57-55-14-10-12-16-59(55)76(63(57)40-53,49-27-23-47(8-2)24-28-49)61-38-43(4)18-20-45(61)6/h7-41H,1-2H2,3-6H3. The van der Waals surface area contributed by atoms with Crippen molar-refractivity contribution in [2.75, 3.05) is 9.80 Å². The molecule has 11 aromatic carbocycles. The van der Waals surface area contributed by atoms with E-state index >= 15 is 39.5 Å². The lowest BCUT2D eigenvalue weighted by atomic mass is 9.66. The van der Waals surface area contributed by atoms with Crippen molar-refractivity contribution < 1.29 is 39.5 Å². The van der Waals surface area contributed by atoms with E-state index in [0.717, 1.165) is 98.8 Å². The number of fused-ring (bicyclic) bond motifs is 6. The second-order valence-electron chi connectivity index (χ2n) is 22.3. The lowest BCUT2D eigenvalue weighted by molar-refractivity contribution is 0.380. The first-order valence-corrected chi connectivity index (χ1v) is 28.1. The third-order valence-corrected chi connectivity index (χ3v) is 17.4. The molecule has 0 saturated heterocycles. The molecular weight excluding hydrogens is 1110 g/mol. The van der Waals surface area contributed by atoms with Gasteiger partial charge in [-0.15, -0.1) is 0 Å². The van der Waals surface area contributed by atoms with Gasteiger partial charge in [0.15, 0.2) is 46.5 Å². The number of aryl methyl sites for hydroxylation is 4. The van der Waals surface area contributed by atoms with Gasteiger partial charge in [0.2, 0.25) is 5.82 Å². The van der Waals surface area contributed by atoms with E-state index in [1.165, 1.54) is 30.3 Å². The first-order chi connectivity index (χ1) is 41.9. The van der Waals surface area contributed by atoms with Gasteiger partial charge < -0.3 is 9.80 Å². The number of rotatable bonds is 12. The molecule has 2 nitrogen and oxygen atoms in total. The van der Waals surface area contributed by atoms with Crippen LogP contribution in [0.1, 0.15) is 77.9 Å². The largest absolute Gasteiger partial charge is 0.305 e. The van der Waals surface area contributed by atoms with Gasteiger partial charge >= 0.3 is 0 Å². The molecule has 0 N–H and O–H groups in total. The fourth-order valence-corrected chi connectivity index (χ4v) is 13.5. The molecule has 0 radical (unpaired) electrons. The molecule has 0 fully saturated rings. The highest BCUT2D eigenvalue weighted by Gasteiger charge is 2.49. The highest BCUT2D eigenvalue weighted by atomic mass is 19.2. The van der Waals surface area contributed by atoms with Crippen molar-refractivity contribution in [3.05, 3.63) is 344 Å². The zero-order valence-electron chi connectivity index (χ0n) is 47.4. The Bertz CT molecular complexity index is 4640. The van der Waals surface area contributed by atoms with Gasteiger partial charge in [-0.05, 0) is 165 Å². The molecule has 0 amide bonds. The fourth-order valence-electron chi connectivity index (χ4n) is 13.5. The van der Waals surface area contributed by atoms with E-state index in [4.69, 9.17) is 0 Å². The number of halogens is 9. The van der Waals surface area contributed by atoms with E-state index in [0.29, 0.717) is 11.1 Å². The van der Waals surface area contributed by atoms with Crippen molar-refractivity contribution in [2.45, 2.75) is 38.5 Å². The molecule has 11 heteroatoms. The SMILES string of the molecule is C=Cc1ccc(C2(c3cc(C)ccc3C)c3ccccc3-c3ccc(N(c4ccc(N(c5ccc6c(c5)C(c5ccc(C=C)cc5)(c5cc(C)ccc5C)c5ccccc5-6)c5c(F)c(F)c(F)c(F)c5F)cc4)c4c(F)cc(F)c(F)c4F)cc32)cc1. The lowest BCUT2D eigenvalue weighted by Crippen LogP contribution is -2.30. The third-order valence-electron chi connectivity index (χ3n) is 17.4. The molecule has 11 aromatic rings. The second-order valence-corrected chi connectivity index (χ2v) is 22.3. The molecule has 428 valence electrons. The van der Waals surface area contributed by atoms with Crippen LogP contribution in [0.15, 0.2) is 213 Å². The minimum atomic E-state index is -2.37. The molecule has 0 heterocycles. The number of hydrogen-bond donors (Lipinski definition) is 0. The summed E-state index contributed by atoms with van der Waals surface area (Å²) >= 11 is 0. The van der Waals surface area contributed by atoms with Crippen LogP contribution in [0.5, 0.6) is 0 Å². The normalized spacial score (nSPS) is 15.4. The van der Waals surface area contributed by atoms with Crippen molar-refractivity contribution in [3.63, 3.8) is 0 Å². The lowest BCUT2D eigenvalue weighted by Gasteiger charge is -2.36. The maximum absolute atomic E-state index is 16.8. The Labute approximate surface area is 497 Å². The molecule has 0 aromatic heterocycles. The Morgan fingerprint density at radius 3 is 1.10 bits per heavy atom. The van der Waals surface area contributed by atoms with Gasteiger partial charge in [-0.3, -0.25) is 0 Å². The summed E-state index contributed by atoms with van der Waals surface area (Å²) in [4.78, 5) is 1.98. The topological polar surface area (TPSA) is 6.48 Å². The Balaban J connectivity index is 1.06. The van der Waals surface area contributed by atoms with Crippen molar-refractivity contribution in [3.8, 4) is 22.3 Å². The Kier molecular flexibility index (Phi) is 13.6. The van der Waals surface area contributed by atoms with Crippen LogP contribution in [0.2, 0.25) is 0 Å². The Morgan fingerprint density at radius 2 is 0.678 bits per heavy atom. The van der Waals surface area contributed by atoms with E-state index in [2.05, 4.69) is 25.3 Å². The van der Waals surface area contributed by atoms with Crippen LogP contribution < -0.4 is 9.80 Å². The summed E-state index contributed by atoms with van der Waals surface area (Å²) in [7, 11) is 0. The van der Waals surface area contributed by atoms with Gasteiger partial charge in [-0.1, -0.05) is 182 Å². The zero-order valence-corrected chi connectivity index (χ0v) is 47.4.